The summed E-state index contributed by atoms with van der Waals surface area (Å²) < 4.78 is 5.60. The zero-order valence-electron chi connectivity index (χ0n) is 9.95. The van der Waals surface area contributed by atoms with Gasteiger partial charge in [0.1, 0.15) is 0 Å². The van der Waals surface area contributed by atoms with Gasteiger partial charge in [0.2, 0.25) is 11.2 Å². The van der Waals surface area contributed by atoms with Crippen molar-refractivity contribution in [2.24, 2.45) is 5.92 Å². The maximum Gasteiger partial charge on any atom is 0.225 e. The Morgan fingerprint density at radius 2 is 2.25 bits per heavy atom. The molecule has 3 nitrogen and oxygen atoms in total. The molecule has 16 heavy (non-hydrogen) atoms. The largest absolute Gasteiger partial charge is 0.477 e. The van der Waals surface area contributed by atoms with Gasteiger partial charge in [-0.2, -0.15) is 4.98 Å². The Bertz CT molecular complexity index is 307. The van der Waals surface area contributed by atoms with Crippen LogP contribution in [-0.4, -0.2) is 16.6 Å². The van der Waals surface area contributed by atoms with Crippen molar-refractivity contribution in [3.05, 3.63) is 17.5 Å². The summed E-state index contributed by atoms with van der Waals surface area (Å²) >= 11 is 5.68. The molecule has 4 heteroatoms. The molecule has 1 aromatic rings. The first-order chi connectivity index (χ1) is 7.76. The van der Waals surface area contributed by atoms with Crippen LogP contribution in [0.15, 0.2) is 12.3 Å². The SMILES string of the molecule is CCCCC(CC)COc1ccnc(Cl)n1. The minimum absolute atomic E-state index is 0.235. The highest BCUT2D eigenvalue weighted by Crippen LogP contribution is 2.15. The van der Waals surface area contributed by atoms with Crippen molar-refractivity contribution < 1.29 is 4.74 Å². The van der Waals surface area contributed by atoms with E-state index in [9.17, 15) is 0 Å². The Labute approximate surface area is 102 Å². The van der Waals surface area contributed by atoms with Gasteiger partial charge in [-0.25, -0.2) is 4.98 Å². The fourth-order valence-corrected chi connectivity index (χ4v) is 1.64. The van der Waals surface area contributed by atoms with E-state index in [2.05, 4.69) is 23.8 Å². The second kappa shape index (κ2) is 7.44. The lowest BCUT2D eigenvalue weighted by molar-refractivity contribution is 0.225. The van der Waals surface area contributed by atoms with E-state index in [1.165, 1.54) is 19.3 Å². The third-order valence-electron chi connectivity index (χ3n) is 2.61. The van der Waals surface area contributed by atoms with E-state index in [4.69, 9.17) is 16.3 Å². The summed E-state index contributed by atoms with van der Waals surface area (Å²) in [5, 5.41) is 0.235. The average Bonchev–Trinajstić information content (AvgIpc) is 2.29. The van der Waals surface area contributed by atoms with Crippen LogP contribution < -0.4 is 4.74 Å². The molecule has 0 aliphatic rings. The molecule has 1 unspecified atom stereocenters. The molecule has 0 saturated heterocycles. The fraction of sp³-hybridized carbons (Fsp3) is 0.667. The van der Waals surface area contributed by atoms with Gasteiger partial charge in [0.15, 0.2) is 0 Å². The van der Waals surface area contributed by atoms with Crippen LogP contribution in [0, 0.1) is 5.92 Å². The summed E-state index contributed by atoms with van der Waals surface area (Å²) in [4.78, 5) is 7.80. The summed E-state index contributed by atoms with van der Waals surface area (Å²) in [5.41, 5.74) is 0. The molecule has 0 fully saturated rings. The first-order valence-corrected chi connectivity index (χ1v) is 6.25. The smallest absolute Gasteiger partial charge is 0.225 e. The number of ether oxygens (including phenoxy) is 1. The molecule has 0 bridgehead atoms. The van der Waals surface area contributed by atoms with Gasteiger partial charge in [-0.3, -0.25) is 0 Å². The molecule has 1 rings (SSSR count). The zero-order chi connectivity index (χ0) is 11.8. The highest BCUT2D eigenvalue weighted by Gasteiger charge is 2.07. The Kier molecular flexibility index (Phi) is 6.16. The summed E-state index contributed by atoms with van der Waals surface area (Å²) in [6.45, 7) is 5.11. The van der Waals surface area contributed by atoms with Crippen molar-refractivity contribution in [3.8, 4) is 5.88 Å². The van der Waals surface area contributed by atoms with Gasteiger partial charge in [-0.05, 0) is 23.9 Å². The van der Waals surface area contributed by atoms with E-state index in [1.807, 2.05) is 0 Å². The fourth-order valence-electron chi connectivity index (χ4n) is 1.50. The number of nitrogens with zero attached hydrogens (tertiary/aromatic N) is 2. The number of hydrogen-bond donors (Lipinski definition) is 0. The predicted molar refractivity (Wildman–Crippen MR) is 65.8 cm³/mol. The van der Waals surface area contributed by atoms with E-state index in [-0.39, 0.29) is 5.28 Å². The van der Waals surface area contributed by atoms with Crippen LogP contribution in [0.2, 0.25) is 5.28 Å². The second-order valence-electron chi connectivity index (χ2n) is 3.89. The monoisotopic (exact) mass is 242 g/mol. The predicted octanol–water partition coefficient (Wildman–Crippen LogP) is 3.73. The van der Waals surface area contributed by atoms with Crippen molar-refractivity contribution in [1.82, 2.24) is 9.97 Å². The van der Waals surface area contributed by atoms with Crippen molar-refractivity contribution in [2.45, 2.75) is 39.5 Å². The van der Waals surface area contributed by atoms with Crippen LogP contribution in [0.3, 0.4) is 0 Å². The molecule has 0 aliphatic heterocycles. The van der Waals surface area contributed by atoms with Gasteiger partial charge >= 0.3 is 0 Å². The van der Waals surface area contributed by atoms with Gasteiger partial charge in [-0.15, -0.1) is 0 Å². The lowest BCUT2D eigenvalue weighted by Gasteiger charge is -2.14. The van der Waals surface area contributed by atoms with E-state index >= 15 is 0 Å². The van der Waals surface area contributed by atoms with Gasteiger partial charge in [0, 0.05) is 12.3 Å². The Balaban J connectivity index is 2.37. The van der Waals surface area contributed by atoms with Crippen LogP contribution >= 0.6 is 11.6 Å². The molecule has 1 heterocycles. The Morgan fingerprint density at radius 3 is 2.88 bits per heavy atom. The molecular formula is C12H19ClN2O. The van der Waals surface area contributed by atoms with Crippen molar-refractivity contribution >= 4 is 11.6 Å². The molecule has 0 radical (unpaired) electrons. The zero-order valence-corrected chi connectivity index (χ0v) is 10.7. The molecule has 0 spiro atoms. The molecular weight excluding hydrogens is 224 g/mol. The normalized spacial score (nSPS) is 12.4. The summed E-state index contributed by atoms with van der Waals surface area (Å²) in [7, 11) is 0. The maximum atomic E-state index is 5.68. The first kappa shape index (κ1) is 13.2. The van der Waals surface area contributed by atoms with Crippen LogP contribution in [-0.2, 0) is 0 Å². The second-order valence-corrected chi connectivity index (χ2v) is 4.23. The van der Waals surface area contributed by atoms with Crippen LogP contribution in [0.5, 0.6) is 5.88 Å². The van der Waals surface area contributed by atoms with Gasteiger partial charge in [0.05, 0.1) is 6.61 Å². The third-order valence-corrected chi connectivity index (χ3v) is 2.79. The standard InChI is InChI=1S/C12H19ClN2O/c1-3-5-6-10(4-2)9-16-11-7-8-14-12(13)15-11/h7-8,10H,3-6,9H2,1-2H3. The quantitative estimate of drug-likeness (QED) is 0.684. The minimum atomic E-state index is 0.235. The third kappa shape index (κ3) is 4.79. The molecule has 0 amide bonds. The molecule has 0 N–H and O–H groups in total. The lowest BCUT2D eigenvalue weighted by Crippen LogP contribution is -2.12. The van der Waals surface area contributed by atoms with E-state index in [0.29, 0.717) is 18.4 Å². The Morgan fingerprint density at radius 1 is 1.44 bits per heavy atom. The molecule has 0 aliphatic carbocycles. The topological polar surface area (TPSA) is 35.0 Å². The van der Waals surface area contributed by atoms with Crippen molar-refractivity contribution in [3.63, 3.8) is 0 Å². The number of rotatable bonds is 7. The van der Waals surface area contributed by atoms with Crippen LogP contribution in [0.4, 0.5) is 0 Å². The van der Waals surface area contributed by atoms with Crippen molar-refractivity contribution in [1.29, 1.82) is 0 Å². The van der Waals surface area contributed by atoms with Gasteiger partial charge in [0.25, 0.3) is 0 Å². The van der Waals surface area contributed by atoms with E-state index in [1.54, 1.807) is 12.3 Å². The molecule has 0 saturated carbocycles. The number of halogens is 1. The summed E-state index contributed by atoms with van der Waals surface area (Å²) in [6, 6.07) is 1.73. The molecule has 1 aromatic heterocycles. The van der Waals surface area contributed by atoms with Gasteiger partial charge < -0.3 is 4.74 Å². The highest BCUT2D eigenvalue weighted by molar-refractivity contribution is 6.28. The lowest BCUT2D eigenvalue weighted by atomic mass is 10.0. The number of unbranched alkanes of at least 4 members (excludes halogenated alkanes) is 1. The number of hydrogen-bond acceptors (Lipinski definition) is 3. The average molecular weight is 243 g/mol. The maximum absolute atomic E-state index is 5.68. The van der Waals surface area contributed by atoms with Crippen LogP contribution in [0.25, 0.3) is 0 Å². The minimum Gasteiger partial charge on any atom is -0.477 e. The van der Waals surface area contributed by atoms with E-state index < -0.39 is 0 Å². The Hall–Kier alpha value is -0.830. The summed E-state index contributed by atoms with van der Waals surface area (Å²) in [6.07, 6.45) is 6.45. The first-order valence-electron chi connectivity index (χ1n) is 5.87. The van der Waals surface area contributed by atoms with Gasteiger partial charge in [-0.1, -0.05) is 33.1 Å². The summed E-state index contributed by atoms with van der Waals surface area (Å²) in [5.74, 6) is 1.17. The number of aromatic nitrogens is 2. The molecule has 1 atom stereocenters. The van der Waals surface area contributed by atoms with Crippen LogP contribution in [0.1, 0.15) is 39.5 Å². The highest BCUT2D eigenvalue weighted by atomic mass is 35.5. The van der Waals surface area contributed by atoms with E-state index in [0.717, 1.165) is 6.42 Å². The van der Waals surface area contributed by atoms with Crippen molar-refractivity contribution in [2.75, 3.05) is 6.61 Å². The molecule has 90 valence electrons. The molecule has 0 aromatic carbocycles.